The Morgan fingerprint density at radius 3 is 2.47 bits per heavy atom. The fourth-order valence-corrected chi connectivity index (χ4v) is 6.27. The molecule has 2 atom stereocenters. The van der Waals surface area contributed by atoms with E-state index in [2.05, 4.69) is 27.1 Å². The highest BCUT2D eigenvalue weighted by molar-refractivity contribution is 7.10. The van der Waals surface area contributed by atoms with E-state index in [0.717, 1.165) is 34.0 Å². The van der Waals surface area contributed by atoms with Crippen LogP contribution in [-0.2, 0) is 9.59 Å². The van der Waals surface area contributed by atoms with Crippen LogP contribution in [0, 0.1) is 6.92 Å². The average molecular weight is 462 g/mol. The minimum absolute atomic E-state index is 0.113. The molecule has 162 valence electrons. The zero-order chi connectivity index (χ0) is 22.2. The summed E-state index contributed by atoms with van der Waals surface area (Å²) in [5, 5.41) is 10.4. The molecular formula is C25H23N3O2S2. The maximum absolute atomic E-state index is 13.5. The molecule has 32 heavy (non-hydrogen) atoms. The summed E-state index contributed by atoms with van der Waals surface area (Å²) in [4.78, 5) is 33.6. The number of ketones is 1. The molecule has 1 aliphatic carbocycles. The summed E-state index contributed by atoms with van der Waals surface area (Å²) >= 11 is 3.27. The number of hydrogen-bond donors (Lipinski definition) is 2. The van der Waals surface area contributed by atoms with E-state index in [1.54, 1.807) is 28.7 Å². The maximum atomic E-state index is 13.5. The first-order chi connectivity index (χ1) is 15.5. The number of aromatic nitrogens is 1. The SMILES string of the molecule is CC1=C(C(=O)Nc2cccc(C)n2)[C@@H](c2cccs2)C2=C(C[C@@H](c3cccs3)CC2=O)N1. The van der Waals surface area contributed by atoms with Gasteiger partial charge in [0.1, 0.15) is 5.82 Å². The molecule has 4 heterocycles. The third-order valence-corrected chi connectivity index (χ3v) is 7.95. The predicted molar refractivity (Wildman–Crippen MR) is 129 cm³/mol. The number of amides is 1. The number of rotatable bonds is 4. The molecular weight excluding hydrogens is 438 g/mol. The lowest BCUT2D eigenvalue weighted by atomic mass is 9.74. The second kappa shape index (κ2) is 8.48. The van der Waals surface area contributed by atoms with E-state index < -0.39 is 0 Å². The number of pyridine rings is 1. The standard InChI is InChI=1S/C25H23N3O2S2/c1-14-6-3-9-21(26-14)28-25(30)22-15(2)27-17-12-16(19-7-4-10-31-19)13-18(29)23(17)24(22)20-8-5-11-32-20/h3-11,16,24,27H,12-13H2,1-2H3,(H,26,28,30)/t16-,24-/m1/s1. The highest BCUT2D eigenvalue weighted by Crippen LogP contribution is 2.47. The van der Waals surface area contributed by atoms with Crippen LogP contribution < -0.4 is 10.6 Å². The van der Waals surface area contributed by atoms with Crippen LogP contribution in [-0.4, -0.2) is 16.7 Å². The molecule has 0 saturated heterocycles. The van der Waals surface area contributed by atoms with Crippen molar-refractivity contribution in [2.24, 2.45) is 0 Å². The molecule has 3 aromatic heterocycles. The number of hydrogen-bond acceptors (Lipinski definition) is 6. The monoisotopic (exact) mass is 461 g/mol. The molecule has 2 N–H and O–H groups in total. The molecule has 0 unspecified atom stereocenters. The Morgan fingerprint density at radius 2 is 1.78 bits per heavy atom. The molecule has 0 bridgehead atoms. The van der Waals surface area contributed by atoms with Crippen molar-refractivity contribution in [1.29, 1.82) is 0 Å². The molecule has 5 nitrogen and oxygen atoms in total. The number of allylic oxidation sites excluding steroid dienone is 3. The summed E-state index contributed by atoms with van der Waals surface area (Å²) in [7, 11) is 0. The zero-order valence-electron chi connectivity index (χ0n) is 17.8. The van der Waals surface area contributed by atoms with Crippen molar-refractivity contribution in [3.63, 3.8) is 0 Å². The van der Waals surface area contributed by atoms with Crippen molar-refractivity contribution in [3.8, 4) is 0 Å². The lowest BCUT2D eigenvalue weighted by Gasteiger charge is -2.36. The summed E-state index contributed by atoms with van der Waals surface area (Å²) in [5.74, 6) is 0.200. The molecule has 7 heteroatoms. The van der Waals surface area contributed by atoms with Crippen molar-refractivity contribution in [2.45, 2.75) is 38.5 Å². The topological polar surface area (TPSA) is 71.1 Å². The molecule has 5 rings (SSSR count). The normalized spacial score (nSPS) is 20.8. The Morgan fingerprint density at radius 1 is 1.03 bits per heavy atom. The number of nitrogens with one attached hydrogen (secondary N) is 2. The summed E-state index contributed by atoms with van der Waals surface area (Å²) in [5.41, 5.74) is 3.87. The molecule has 2 aliphatic rings. The maximum Gasteiger partial charge on any atom is 0.255 e. The van der Waals surface area contributed by atoms with E-state index in [-0.39, 0.29) is 23.5 Å². The molecule has 0 aromatic carbocycles. The van der Waals surface area contributed by atoms with Gasteiger partial charge in [-0.1, -0.05) is 18.2 Å². The van der Waals surface area contributed by atoms with E-state index in [9.17, 15) is 9.59 Å². The summed E-state index contributed by atoms with van der Waals surface area (Å²) in [6, 6.07) is 13.6. The van der Waals surface area contributed by atoms with E-state index in [4.69, 9.17) is 0 Å². The largest absolute Gasteiger partial charge is 0.362 e. The first-order valence-corrected chi connectivity index (χ1v) is 12.3. The van der Waals surface area contributed by atoms with Crippen LogP contribution >= 0.6 is 22.7 Å². The molecule has 3 aromatic rings. The fraction of sp³-hybridized carbons (Fsp3) is 0.240. The number of Topliss-reactive ketones (excluding diaryl/α,β-unsaturated/α-hetero) is 1. The van der Waals surface area contributed by atoms with Gasteiger partial charge in [-0.25, -0.2) is 4.98 Å². The van der Waals surface area contributed by atoms with E-state index in [1.807, 2.05) is 49.6 Å². The number of anilines is 1. The van der Waals surface area contributed by atoms with E-state index in [0.29, 0.717) is 17.8 Å². The van der Waals surface area contributed by atoms with Gasteiger partial charge >= 0.3 is 0 Å². The molecule has 0 saturated carbocycles. The summed E-state index contributed by atoms with van der Waals surface area (Å²) < 4.78 is 0. The third-order valence-electron chi connectivity index (χ3n) is 5.98. The zero-order valence-corrected chi connectivity index (χ0v) is 19.5. The molecule has 0 radical (unpaired) electrons. The van der Waals surface area contributed by atoms with Crippen LogP contribution in [0.25, 0.3) is 0 Å². The van der Waals surface area contributed by atoms with Crippen molar-refractivity contribution in [1.82, 2.24) is 10.3 Å². The van der Waals surface area contributed by atoms with Gasteiger partial charge in [-0.3, -0.25) is 9.59 Å². The molecule has 0 spiro atoms. The fourth-order valence-electron chi connectivity index (χ4n) is 4.60. The number of dihydropyridines is 1. The van der Waals surface area contributed by atoms with Crippen molar-refractivity contribution in [3.05, 3.63) is 91.2 Å². The first-order valence-electron chi connectivity index (χ1n) is 10.6. The number of carbonyl (C=O) groups is 2. The number of aryl methyl sites for hydroxylation is 1. The Hall–Kier alpha value is -3.03. The van der Waals surface area contributed by atoms with Gasteiger partial charge in [-0.05, 0) is 55.3 Å². The van der Waals surface area contributed by atoms with Crippen LogP contribution in [0.15, 0.2) is 75.8 Å². The quantitative estimate of drug-likeness (QED) is 0.537. The van der Waals surface area contributed by atoms with Crippen molar-refractivity contribution in [2.75, 3.05) is 5.32 Å². The summed E-state index contributed by atoms with van der Waals surface area (Å²) in [6.07, 6.45) is 1.24. The Kier molecular flexibility index (Phi) is 5.53. The third kappa shape index (κ3) is 3.82. The van der Waals surface area contributed by atoms with Crippen LogP contribution in [0.4, 0.5) is 5.82 Å². The summed E-state index contributed by atoms with van der Waals surface area (Å²) in [6.45, 7) is 3.81. The lowest BCUT2D eigenvalue weighted by molar-refractivity contribution is -0.116. The van der Waals surface area contributed by atoms with Gasteiger partial charge in [0, 0.05) is 50.3 Å². The molecule has 1 aliphatic heterocycles. The van der Waals surface area contributed by atoms with Gasteiger partial charge in [0.2, 0.25) is 0 Å². The predicted octanol–water partition coefficient (Wildman–Crippen LogP) is 5.51. The van der Waals surface area contributed by atoms with Crippen molar-refractivity contribution < 1.29 is 9.59 Å². The number of nitrogens with zero attached hydrogens (tertiary/aromatic N) is 1. The first kappa shape index (κ1) is 20.8. The highest BCUT2D eigenvalue weighted by atomic mass is 32.1. The Bertz CT molecular complexity index is 1240. The lowest BCUT2D eigenvalue weighted by Crippen LogP contribution is -2.36. The van der Waals surface area contributed by atoms with Gasteiger partial charge in [0.15, 0.2) is 5.78 Å². The van der Waals surface area contributed by atoms with Crippen LogP contribution in [0.2, 0.25) is 0 Å². The van der Waals surface area contributed by atoms with Gasteiger partial charge in [0.05, 0.1) is 5.92 Å². The van der Waals surface area contributed by atoms with Crippen molar-refractivity contribution >= 4 is 40.2 Å². The molecule has 1 amide bonds. The van der Waals surface area contributed by atoms with Gasteiger partial charge in [-0.2, -0.15) is 0 Å². The van der Waals surface area contributed by atoms with Gasteiger partial charge in [0.25, 0.3) is 5.91 Å². The highest BCUT2D eigenvalue weighted by Gasteiger charge is 2.41. The Balaban J connectivity index is 1.53. The van der Waals surface area contributed by atoms with Crippen LogP contribution in [0.3, 0.4) is 0 Å². The second-order valence-corrected chi connectivity index (χ2v) is 10.1. The van der Waals surface area contributed by atoms with Gasteiger partial charge < -0.3 is 10.6 Å². The number of thiophene rings is 2. The Labute approximate surface area is 194 Å². The minimum Gasteiger partial charge on any atom is -0.362 e. The van der Waals surface area contributed by atoms with E-state index in [1.165, 1.54) is 4.88 Å². The minimum atomic E-state index is -0.368. The second-order valence-electron chi connectivity index (χ2n) is 8.17. The average Bonchev–Trinajstić information content (AvgIpc) is 3.47. The molecule has 0 fully saturated rings. The van der Waals surface area contributed by atoms with Crippen LogP contribution in [0.1, 0.15) is 47.0 Å². The number of carbonyl (C=O) groups excluding carboxylic acids is 2. The van der Waals surface area contributed by atoms with E-state index >= 15 is 0 Å². The smallest absolute Gasteiger partial charge is 0.255 e. The van der Waals surface area contributed by atoms with Crippen LogP contribution in [0.5, 0.6) is 0 Å². The van der Waals surface area contributed by atoms with Gasteiger partial charge in [-0.15, -0.1) is 22.7 Å².